The minimum atomic E-state index is -0.910. The molecule has 6 nitrogen and oxygen atoms in total. The van der Waals surface area contributed by atoms with E-state index in [1.807, 2.05) is 20.8 Å². The van der Waals surface area contributed by atoms with Gasteiger partial charge in [0.15, 0.2) is 11.6 Å². The molecule has 1 rings (SSSR count). The number of nitriles is 1. The zero-order valence-electron chi connectivity index (χ0n) is 18.3. The molecule has 0 fully saturated rings. The lowest BCUT2D eigenvalue weighted by Gasteiger charge is -2.42. The lowest BCUT2D eigenvalue weighted by Crippen LogP contribution is -2.51. The van der Waals surface area contributed by atoms with Gasteiger partial charge in [-0.15, -0.1) is 0 Å². The topological polar surface area (TPSA) is 68.9 Å². The van der Waals surface area contributed by atoms with Gasteiger partial charge in [-0.1, -0.05) is 20.8 Å². The van der Waals surface area contributed by atoms with E-state index in [9.17, 15) is 14.4 Å². The highest BCUT2D eigenvalue weighted by Gasteiger charge is 2.33. The maximum atomic E-state index is 15.1. The number of ether oxygens (including phenoxy) is 1. The highest BCUT2D eigenvalue weighted by atomic mass is 19.1. The zero-order valence-corrected chi connectivity index (χ0v) is 18.3. The largest absolute Gasteiger partial charge is 0.364 e. The van der Waals surface area contributed by atoms with Gasteiger partial charge in [0.05, 0.1) is 12.2 Å². The van der Waals surface area contributed by atoms with Gasteiger partial charge in [0.1, 0.15) is 24.2 Å². The molecule has 0 unspecified atom stereocenters. The van der Waals surface area contributed by atoms with Crippen LogP contribution in [0.4, 0.5) is 20.2 Å². The van der Waals surface area contributed by atoms with Crippen molar-refractivity contribution in [3.8, 4) is 6.07 Å². The molecule has 0 spiro atoms. The maximum absolute atomic E-state index is 15.1. The predicted octanol–water partition coefficient (Wildman–Crippen LogP) is 4.60. The third-order valence-corrected chi connectivity index (χ3v) is 4.16. The summed E-state index contributed by atoms with van der Waals surface area (Å²) in [5, 5.41) is 9.19. The second-order valence-corrected chi connectivity index (χ2v) is 9.02. The van der Waals surface area contributed by atoms with E-state index in [1.165, 1.54) is 16.9 Å². The number of methoxy groups -OCH3 is 1. The van der Waals surface area contributed by atoms with E-state index < -0.39 is 22.7 Å². The minimum absolute atomic E-state index is 0.0274. The van der Waals surface area contributed by atoms with Crippen LogP contribution in [0.25, 0.3) is 0 Å². The van der Waals surface area contributed by atoms with E-state index in [4.69, 9.17) is 4.74 Å². The van der Waals surface area contributed by atoms with Crippen LogP contribution in [-0.4, -0.2) is 43.6 Å². The molecule has 1 amide bonds. The van der Waals surface area contributed by atoms with Crippen LogP contribution in [0.3, 0.4) is 0 Å². The number of halogens is 2. The van der Waals surface area contributed by atoms with Crippen molar-refractivity contribution in [2.75, 3.05) is 25.4 Å². The summed E-state index contributed by atoms with van der Waals surface area (Å²) in [6.45, 7) is 14.4. The van der Waals surface area contributed by atoms with Gasteiger partial charge in [-0.25, -0.2) is 8.78 Å². The average molecular weight is 408 g/mol. The van der Waals surface area contributed by atoms with Gasteiger partial charge in [0, 0.05) is 19.1 Å². The van der Waals surface area contributed by atoms with Crippen LogP contribution in [0, 0.1) is 28.4 Å². The lowest BCUT2D eigenvalue weighted by molar-refractivity contribution is -0.137. The molecular weight excluding hydrogens is 378 g/mol. The molecule has 160 valence electrons. The monoisotopic (exact) mass is 408 g/mol. The molecule has 0 radical (unpaired) electrons. The Kier molecular flexibility index (Phi) is 7.87. The fourth-order valence-corrected chi connectivity index (χ4v) is 2.78. The first kappa shape index (κ1) is 24.5. The molecule has 0 aromatic heterocycles. The molecular formula is C21H30F2N4O2. The zero-order chi connectivity index (χ0) is 22.6. The number of carbonyl (C=O) groups excluding carboxylic acids is 1. The Morgan fingerprint density at radius 3 is 2.28 bits per heavy atom. The van der Waals surface area contributed by atoms with E-state index >= 15 is 4.39 Å². The maximum Gasteiger partial charge on any atom is 0.226 e. The van der Waals surface area contributed by atoms with Crippen molar-refractivity contribution in [3.05, 3.63) is 23.3 Å². The van der Waals surface area contributed by atoms with Crippen LogP contribution in [0.15, 0.2) is 11.1 Å². The van der Waals surface area contributed by atoms with Crippen molar-refractivity contribution < 1.29 is 18.3 Å². The Hall–Kier alpha value is -2.53. The standard InChI is InChI=1S/C21H30F2N4O2/c1-20(2,3)10-16(28)26(13-29-8)12-27(21(4,5)6)19-17(23)14(11-24)9-15(22)18(19)25-7/h9H,7,10,12-13H2,1-6,8H3. The Bertz CT molecular complexity index is 805. The highest BCUT2D eigenvalue weighted by Crippen LogP contribution is 2.39. The van der Waals surface area contributed by atoms with Gasteiger partial charge in [-0.05, 0) is 39.0 Å². The molecule has 0 atom stereocenters. The van der Waals surface area contributed by atoms with Gasteiger partial charge in [-0.2, -0.15) is 5.26 Å². The van der Waals surface area contributed by atoms with E-state index in [2.05, 4.69) is 11.7 Å². The SMILES string of the molecule is C=Nc1c(F)cc(C#N)c(F)c1N(CN(COC)C(=O)CC(C)(C)C)C(C)(C)C. The van der Waals surface area contributed by atoms with E-state index in [0.717, 1.165) is 6.07 Å². The molecule has 0 aliphatic rings. The van der Waals surface area contributed by atoms with Crippen molar-refractivity contribution in [2.24, 2.45) is 10.4 Å². The fraction of sp³-hybridized carbons (Fsp3) is 0.571. The second-order valence-electron chi connectivity index (χ2n) is 9.02. The molecule has 0 saturated carbocycles. The number of benzene rings is 1. The Labute approximate surface area is 171 Å². The Morgan fingerprint density at radius 1 is 1.28 bits per heavy atom. The molecule has 0 heterocycles. The van der Waals surface area contributed by atoms with Crippen LogP contribution in [0.2, 0.25) is 0 Å². The first-order valence-corrected chi connectivity index (χ1v) is 9.20. The Balaban J connectivity index is 3.57. The summed E-state index contributed by atoms with van der Waals surface area (Å²) in [6.07, 6.45) is 0.246. The molecule has 8 heteroatoms. The van der Waals surface area contributed by atoms with Crippen molar-refractivity contribution in [1.82, 2.24) is 4.90 Å². The summed E-state index contributed by atoms with van der Waals surface area (Å²) in [4.78, 5) is 19.4. The van der Waals surface area contributed by atoms with Crippen LogP contribution in [0.1, 0.15) is 53.5 Å². The number of nitrogens with zero attached hydrogens (tertiary/aromatic N) is 4. The molecule has 0 aliphatic carbocycles. The summed E-state index contributed by atoms with van der Waals surface area (Å²) in [7, 11) is 1.45. The van der Waals surface area contributed by atoms with Crippen molar-refractivity contribution in [2.45, 2.75) is 53.5 Å². The van der Waals surface area contributed by atoms with Crippen molar-refractivity contribution in [1.29, 1.82) is 5.26 Å². The molecule has 0 saturated heterocycles. The van der Waals surface area contributed by atoms with Crippen LogP contribution >= 0.6 is 0 Å². The number of hydrogen-bond acceptors (Lipinski definition) is 5. The lowest BCUT2D eigenvalue weighted by atomic mass is 9.91. The smallest absolute Gasteiger partial charge is 0.226 e. The van der Waals surface area contributed by atoms with Crippen molar-refractivity contribution in [3.63, 3.8) is 0 Å². The Morgan fingerprint density at radius 2 is 1.86 bits per heavy atom. The first-order valence-electron chi connectivity index (χ1n) is 9.20. The van der Waals surface area contributed by atoms with E-state index in [-0.39, 0.29) is 42.5 Å². The summed E-state index contributed by atoms with van der Waals surface area (Å²) in [5.41, 5.74) is -1.97. The van der Waals surface area contributed by atoms with Gasteiger partial charge in [0.2, 0.25) is 5.91 Å². The summed E-state index contributed by atoms with van der Waals surface area (Å²) in [6, 6.07) is 2.45. The van der Waals surface area contributed by atoms with Gasteiger partial charge >= 0.3 is 0 Å². The summed E-state index contributed by atoms with van der Waals surface area (Å²) in [5.74, 6) is -1.97. The quantitative estimate of drug-likeness (QED) is 0.488. The molecule has 1 aromatic carbocycles. The molecule has 0 N–H and O–H groups in total. The van der Waals surface area contributed by atoms with E-state index in [1.54, 1.807) is 26.8 Å². The molecule has 0 aliphatic heterocycles. The molecule has 0 bridgehead atoms. The average Bonchev–Trinajstić information content (AvgIpc) is 2.57. The number of amides is 1. The highest BCUT2D eigenvalue weighted by molar-refractivity contribution is 5.78. The third-order valence-electron chi connectivity index (χ3n) is 4.16. The summed E-state index contributed by atoms with van der Waals surface area (Å²) >= 11 is 0. The normalized spacial score (nSPS) is 11.7. The summed E-state index contributed by atoms with van der Waals surface area (Å²) < 4.78 is 34.8. The van der Waals surface area contributed by atoms with Gasteiger partial charge in [0.25, 0.3) is 0 Å². The molecule has 29 heavy (non-hydrogen) atoms. The van der Waals surface area contributed by atoms with Gasteiger partial charge < -0.3 is 14.5 Å². The number of anilines is 1. The number of hydrogen-bond donors (Lipinski definition) is 0. The predicted molar refractivity (Wildman–Crippen MR) is 110 cm³/mol. The number of carbonyl (C=O) groups is 1. The third kappa shape index (κ3) is 6.23. The number of rotatable bonds is 7. The van der Waals surface area contributed by atoms with Crippen LogP contribution in [-0.2, 0) is 9.53 Å². The number of aliphatic imine (C=N–C) groups is 1. The van der Waals surface area contributed by atoms with Crippen molar-refractivity contribution >= 4 is 24.0 Å². The molecule has 1 aromatic rings. The van der Waals surface area contributed by atoms with Crippen LogP contribution < -0.4 is 4.90 Å². The van der Waals surface area contributed by atoms with Crippen LogP contribution in [0.5, 0.6) is 0 Å². The first-order chi connectivity index (χ1) is 13.3. The van der Waals surface area contributed by atoms with Gasteiger partial charge in [-0.3, -0.25) is 9.79 Å². The minimum Gasteiger partial charge on any atom is -0.364 e. The van der Waals surface area contributed by atoms with E-state index in [0.29, 0.717) is 0 Å². The second kappa shape index (κ2) is 9.31. The fourth-order valence-electron chi connectivity index (χ4n) is 2.78.